The summed E-state index contributed by atoms with van der Waals surface area (Å²) in [5.74, 6) is 7.73. The number of ether oxygens (including phenoxy) is 2. The van der Waals surface area contributed by atoms with Crippen molar-refractivity contribution >= 4 is 23.8 Å². The first-order chi connectivity index (χ1) is 17.6. The van der Waals surface area contributed by atoms with E-state index >= 15 is 0 Å². The van der Waals surface area contributed by atoms with Crippen molar-refractivity contribution < 1.29 is 28.7 Å². The second-order valence-electron chi connectivity index (χ2n) is 11.4. The average Bonchev–Trinajstić information content (AvgIpc) is 3.49. The van der Waals surface area contributed by atoms with Crippen LogP contribution in [0.3, 0.4) is 0 Å². The zero-order valence-corrected chi connectivity index (χ0v) is 22.8. The number of alkyl carbamates (subject to hydrolysis) is 1. The van der Waals surface area contributed by atoms with Gasteiger partial charge in [-0.15, -0.1) is 11.8 Å². The molecule has 2 amide bonds. The van der Waals surface area contributed by atoms with Crippen LogP contribution in [0.2, 0.25) is 0 Å². The second kappa shape index (κ2) is 13.3. The van der Waals surface area contributed by atoms with E-state index in [1.807, 2.05) is 25.7 Å². The summed E-state index contributed by atoms with van der Waals surface area (Å²) < 4.78 is 10.8. The quantitative estimate of drug-likeness (QED) is 0.351. The van der Waals surface area contributed by atoms with Gasteiger partial charge < -0.3 is 19.7 Å². The van der Waals surface area contributed by atoms with Crippen molar-refractivity contribution in [3.05, 3.63) is 0 Å². The van der Waals surface area contributed by atoms with Crippen molar-refractivity contribution in [3.8, 4) is 11.8 Å². The number of hydrogen-bond donors (Lipinski definition) is 1. The van der Waals surface area contributed by atoms with Gasteiger partial charge in [-0.05, 0) is 30.6 Å². The molecule has 1 saturated carbocycles. The van der Waals surface area contributed by atoms with E-state index < -0.39 is 11.5 Å². The van der Waals surface area contributed by atoms with Crippen LogP contribution < -0.4 is 5.32 Å². The summed E-state index contributed by atoms with van der Waals surface area (Å²) in [6.07, 6.45) is 3.95. The lowest BCUT2D eigenvalue weighted by molar-refractivity contribution is -0.147. The highest BCUT2D eigenvalue weighted by atomic mass is 16.5. The molecule has 4 atom stereocenters. The highest BCUT2D eigenvalue weighted by Crippen LogP contribution is 2.52. The number of rotatable bonds is 10. The minimum atomic E-state index is -0.488. The molecule has 3 aliphatic rings. The fourth-order valence-electron chi connectivity index (χ4n) is 5.13. The number of ketones is 1. The normalized spacial score (nSPS) is 25.5. The van der Waals surface area contributed by atoms with Gasteiger partial charge in [-0.25, -0.2) is 4.79 Å². The molecule has 37 heavy (non-hydrogen) atoms. The van der Waals surface area contributed by atoms with E-state index in [1.165, 1.54) is 0 Å². The predicted molar refractivity (Wildman–Crippen MR) is 138 cm³/mol. The molecule has 0 aromatic rings. The number of piperazine rings is 1. The van der Waals surface area contributed by atoms with Gasteiger partial charge in [0.25, 0.3) is 0 Å². The van der Waals surface area contributed by atoms with E-state index in [9.17, 15) is 19.2 Å². The smallest absolute Gasteiger partial charge is 0.407 e. The molecule has 2 aliphatic carbocycles. The Balaban J connectivity index is 1.40. The van der Waals surface area contributed by atoms with Crippen LogP contribution in [-0.2, 0) is 23.9 Å². The molecule has 1 N–H and O–H groups in total. The predicted octanol–water partition coefficient (Wildman–Crippen LogP) is 2.62. The third-order valence-electron chi connectivity index (χ3n) is 7.72. The topological polar surface area (TPSA) is 105 Å². The standard InChI is InChI=1S/C28H43N3O6/c1-5-26(34)36-18-20-16-31(15-14-30(20)17-24(32)28(2,3)4)25(33)12-13-29-27(35)37-19-23-21-10-8-6-7-9-11-22(21)23/h20-23H,5,8-19H2,1-4H3,(H,29,35)/t20?,21-,22+,23-. The first-order valence-corrected chi connectivity index (χ1v) is 13.7. The summed E-state index contributed by atoms with van der Waals surface area (Å²) in [7, 11) is 0. The number of fused-ring (bicyclic) bond motifs is 1. The molecular weight excluding hydrogens is 474 g/mol. The Bertz CT molecular complexity index is 884. The number of Topliss-reactive ketones (excluding diaryl/α,β-unsaturated/α-hetero) is 1. The largest absolute Gasteiger partial charge is 0.464 e. The van der Waals surface area contributed by atoms with Crippen molar-refractivity contribution in [1.82, 2.24) is 15.1 Å². The van der Waals surface area contributed by atoms with Gasteiger partial charge in [0.05, 0.1) is 19.2 Å². The number of nitrogens with one attached hydrogen (secondary N) is 1. The third kappa shape index (κ3) is 8.74. The van der Waals surface area contributed by atoms with E-state index in [0.717, 1.165) is 25.7 Å². The van der Waals surface area contributed by atoms with Gasteiger partial charge in [0, 0.05) is 57.3 Å². The summed E-state index contributed by atoms with van der Waals surface area (Å²) in [5, 5.41) is 2.69. The second-order valence-corrected chi connectivity index (χ2v) is 11.4. The Morgan fingerprint density at radius 2 is 1.65 bits per heavy atom. The molecule has 0 aromatic carbocycles. The molecule has 3 rings (SSSR count). The molecule has 1 aliphatic heterocycles. The first kappa shape index (κ1) is 29.0. The molecule has 1 unspecified atom stereocenters. The Hall–Kier alpha value is -2.60. The van der Waals surface area contributed by atoms with Crippen molar-refractivity contribution in [2.24, 2.45) is 23.2 Å². The van der Waals surface area contributed by atoms with Crippen molar-refractivity contribution in [2.75, 3.05) is 45.9 Å². The maximum absolute atomic E-state index is 12.8. The van der Waals surface area contributed by atoms with E-state index in [-0.39, 0.29) is 56.2 Å². The molecular formula is C28H43N3O6. The van der Waals surface area contributed by atoms with Crippen molar-refractivity contribution in [1.29, 1.82) is 0 Å². The zero-order chi connectivity index (χ0) is 27.0. The van der Waals surface area contributed by atoms with Crippen molar-refractivity contribution in [2.45, 2.75) is 72.3 Å². The molecule has 1 heterocycles. The van der Waals surface area contributed by atoms with Gasteiger partial charge >= 0.3 is 12.1 Å². The van der Waals surface area contributed by atoms with Crippen LogP contribution in [-0.4, -0.2) is 85.5 Å². The van der Waals surface area contributed by atoms with Crippen LogP contribution in [0, 0.1) is 35.0 Å². The summed E-state index contributed by atoms with van der Waals surface area (Å²) >= 11 is 0. The molecule has 0 radical (unpaired) electrons. The van der Waals surface area contributed by atoms with Crippen LogP contribution in [0.25, 0.3) is 0 Å². The van der Waals surface area contributed by atoms with E-state index in [2.05, 4.69) is 17.2 Å². The monoisotopic (exact) mass is 517 g/mol. The van der Waals surface area contributed by atoms with Crippen LogP contribution in [0.15, 0.2) is 0 Å². The number of hydrogen-bond acceptors (Lipinski definition) is 7. The number of carbonyl (C=O) groups excluding carboxylic acids is 4. The van der Waals surface area contributed by atoms with Gasteiger partial charge in [0.15, 0.2) is 5.78 Å². The summed E-state index contributed by atoms with van der Waals surface area (Å²) in [4.78, 5) is 53.1. The maximum atomic E-state index is 12.8. The SMILES string of the molecule is CCC(=O)OCC1CN(C(=O)CCNC(=O)OC[C@@H]2[C@@H]3CCC#CCC[C@@H]32)CCN1CC(=O)C(C)(C)C. The molecule has 9 heteroatoms. The number of carbonyl (C=O) groups is 4. The molecule has 0 bridgehead atoms. The molecule has 2 fully saturated rings. The Labute approximate surface area is 221 Å². The fraction of sp³-hybridized carbons (Fsp3) is 0.786. The van der Waals surface area contributed by atoms with Gasteiger partial charge in [-0.3, -0.25) is 19.3 Å². The van der Waals surface area contributed by atoms with Gasteiger partial charge in [0.2, 0.25) is 5.91 Å². The summed E-state index contributed by atoms with van der Waals surface area (Å²) in [6, 6.07) is -0.252. The highest BCUT2D eigenvalue weighted by Gasteiger charge is 2.49. The Morgan fingerprint density at radius 3 is 2.27 bits per heavy atom. The number of amides is 2. The molecule has 0 aromatic heterocycles. The van der Waals surface area contributed by atoms with E-state index in [0.29, 0.717) is 44.0 Å². The summed E-state index contributed by atoms with van der Waals surface area (Å²) in [6.45, 7) is 9.75. The number of esters is 1. The number of nitrogens with zero attached hydrogens (tertiary/aromatic N) is 2. The van der Waals surface area contributed by atoms with Crippen LogP contribution in [0.5, 0.6) is 0 Å². The third-order valence-corrected chi connectivity index (χ3v) is 7.72. The van der Waals surface area contributed by atoms with Crippen molar-refractivity contribution in [3.63, 3.8) is 0 Å². The molecule has 0 spiro atoms. The van der Waals surface area contributed by atoms with Gasteiger partial charge in [-0.2, -0.15) is 0 Å². The van der Waals surface area contributed by atoms with E-state index in [1.54, 1.807) is 11.8 Å². The lowest BCUT2D eigenvalue weighted by Gasteiger charge is -2.41. The first-order valence-electron chi connectivity index (χ1n) is 13.7. The minimum absolute atomic E-state index is 0.0883. The molecule has 1 saturated heterocycles. The molecule has 9 nitrogen and oxygen atoms in total. The summed E-state index contributed by atoms with van der Waals surface area (Å²) in [5.41, 5.74) is -0.470. The Morgan fingerprint density at radius 1 is 0.973 bits per heavy atom. The minimum Gasteiger partial charge on any atom is -0.464 e. The molecule has 206 valence electrons. The van der Waals surface area contributed by atoms with E-state index in [4.69, 9.17) is 9.47 Å². The van der Waals surface area contributed by atoms with Gasteiger partial charge in [-0.1, -0.05) is 27.7 Å². The van der Waals surface area contributed by atoms with Crippen LogP contribution >= 0.6 is 0 Å². The lowest BCUT2D eigenvalue weighted by Crippen LogP contribution is -2.58. The average molecular weight is 518 g/mol. The van der Waals surface area contributed by atoms with Crippen LogP contribution in [0.4, 0.5) is 4.79 Å². The zero-order valence-electron chi connectivity index (χ0n) is 22.8. The Kier molecular flexibility index (Phi) is 10.4. The fourth-order valence-corrected chi connectivity index (χ4v) is 5.13. The lowest BCUT2D eigenvalue weighted by atomic mass is 9.90. The highest BCUT2D eigenvalue weighted by molar-refractivity contribution is 5.85. The van der Waals surface area contributed by atoms with Crippen LogP contribution in [0.1, 0.15) is 66.2 Å². The van der Waals surface area contributed by atoms with Gasteiger partial charge in [0.1, 0.15) is 6.61 Å². The maximum Gasteiger partial charge on any atom is 0.407 e.